The summed E-state index contributed by atoms with van der Waals surface area (Å²) in [5, 5.41) is 52.0. The fourth-order valence-electron chi connectivity index (χ4n) is 8.04. The number of hydrogen-bond acceptors (Lipinski definition) is 10. The first-order valence-corrected chi connectivity index (χ1v) is 23.7. The first-order chi connectivity index (χ1) is 31.5. The molecule has 2 aromatic rings. The number of amides is 6. The van der Waals surface area contributed by atoms with Gasteiger partial charge < -0.3 is 51.5 Å². The highest BCUT2D eigenvalue weighted by Crippen LogP contribution is 2.38. The van der Waals surface area contributed by atoms with E-state index in [1.54, 1.807) is 0 Å². The summed E-state index contributed by atoms with van der Waals surface area (Å²) >= 11 is 0. The number of fused-ring (bicyclic) bond motifs is 5. The molecule has 1 aliphatic heterocycles. The highest BCUT2D eigenvalue weighted by atomic mass is 16.4. The predicted molar refractivity (Wildman–Crippen MR) is 250 cm³/mol. The SMILES string of the molecule is CCCCCCCCCCCCCCCC(=O)N(C)[C@H](CO)C(=O)N[C@H](C)C(=O)NCC(=O)N(C)[C@@H]1C(=O)N[C@@H](CCCC)C(=O)N[C@H](C(=O)O)Cc2ccc(O)c(c2)-c2cc1ccc2O. The van der Waals surface area contributed by atoms with Gasteiger partial charge in [0.1, 0.15) is 41.7 Å². The van der Waals surface area contributed by atoms with Gasteiger partial charge in [0.05, 0.1) is 13.2 Å². The maximum absolute atomic E-state index is 14.2. The Labute approximate surface area is 389 Å². The third-order valence-electron chi connectivity index (χ3n) is 12.2. The third kappa shape index (κ3) is 16.9. The quantitative estimate of drug-likeness (QED) is 0.0584. The topological polar surface area (TPSA) is 255 Å². The van der Waals surface area contributed by atoms with Crippen LogP contribution in [0.3, 0.4) is 0 Å². The zero-order valence-electron chi connectivity index (χ0n) is 39.5. The molecular weight excluding hydrogens is 849 g/mol. The Morgan fingerprint density at radius 1 is 0.727 bits per heavy atom. The summed E-state index contributed by atoms with van der Waals surface area (Å²) < 4.78 is 0. The number of carbonyl (C=O) groups excluding carboxylic acids is 6. The van der Waals surface area contributed by atoms with Crippen LogP contribution in [-0.4, -0.2) is 123 Å². The molecule has 0 radical (unpaired) electrons. The number of hydrogen-bond donors (Lipinski definition) is 8. The monoisotopic (exact) mass is 923 g/mol. The van der Waals surface area contributed by atoms with E-state index >= 15 is 0 Å². The van der Waals surface area contributed by atoms with Crippen molar-refractivity contribution in [2.75, 3.05) is 27.2 Å². The number of benzene rings is 2. The van der Waals surface area contributed by atoms with E-state index in [0.717, 1.165) is 24.2 Å². The number of likely N-dealkylation sites (N-methyl/N-ethyl adjacent to an activating group) is 2. The molecule has 0 fully saturated rings. The maximum Gasteiger partial charge on any atom is 0.326 e. The molecule has 366 valence electrons. The molecule has 5 atom stereocenters. The molecular formula is C49H74N6O11. The largest absolute Gasteiger partial charge is 0.507 e. The van der Waals surface area contributed by atoms with Crippen LogP contribution in [0, 0.1) is 0 Å². The van der Waals surface area contributed by atoms with Crippen molar-refractivity contribution in [2.45, 2.75) is 167 Å². The van der Waals surface area contributed by atoms with Crippen molar-refractivity contribution >= 4 is 41.4 Å². The molecule has 0 aliphatic carbocycles. The van der Waals surface area contributed by atoms with Crippen LogP contribution >= 0.6 is 0 Å². The van der Waals surface area contributed by atoms with E-state index in [9.17, 15) is 54.0 Å². The predicted octanol–water partition coefficient (Wildman–Crippen LogP) is 4.99. The molecule has 1 aliphatic rings. The van der Waals surface area contributed by atoms with E-state index in [1.165, 1.54) is 120 Å². The normalized spacial score (nSPS) is 17.0. The van der Waals surface area contributed by atoms with Crippen LogP contribution in [-0.2, 0) is 40.0 Å². The standard InChI is InChI=1S/C49H74N6O11/c1-6-8-10-11-12-13-14-15-16-17-18-19-20-22-42(59)54(4)39(31-56)47(63)51-32(3)45(61)50-30-43(60)55(5)44-34-24-26-41(58)36(29-34)35-27-33(23-25-40(35)57)28-38(49(65)66)53-46(62)37(21-9-7-2)52-48(44)64/h23-27,29,32,37-39,44,56-58H,6-22,28,30-31H2,1-5H3,(H,50,61)(H,51,63)(H,52,64)(H,53,62)(H,65,66)/t32-,37+,38+,39-,44+/m1/s1. The number of carboxylic acid groups (broad SMARTS) is 1. The molecule has 0 spiro atoms. The fourth-order valence-corrected chi connectivity index (χ4v) is 8.04. The molecule has 0 saturated heterocycles. The lowest BCUT2D eigenvalue weighted by Gasteiger charge is -2.31. The third-order valence-corrected chi connectivity index (χ3v) is 12.2. The number of carboxylic acids is 1. The van der Waals surface area contributed by atoms with Crippen LogP contribution in [0.2, 0.25) is 0 Å². The van der Waals surface area contributed by atoms with Gasteiger partial charge in [-0.3, -0.25) is 28.8 Å². The van der Waals surface area contributed by atoms with Gasteiger partial charge in [0.15, 0.2) is 0 Å². The molecule has 0 saturated carbocycles. The van der Waals surface area contributed by atoms with Crippen molar-refractivity contribution < 1.29 is 54.0 Å². The summed E-state index contributed by atoms with van der Waals surface area (Å²) in [5.41, 5.74) is 0.771. The summed E-state index contributed by atoms with van der Waals surface area (Å²) in [4.78, 5) is 95.5. The van der Waals surface area contributed by atoms with Crippen LogP contribution in [0.4, 0.5) is 0 Å². The van der Waals surface area contributed by atoms with Crippen molar-refractivity contribution in [2.24, 2.45) is 0 Å². The first-order valence-electron chi connectivity index (χ1n) is 23.7. The van der Waals surface area contributed by atoms with Crippen LogP contribution in [0.1, 0.15) is 147 Å². The highest BCUT2D eigenvalue weighted by Gasteiger charge is 2.35. The van der Waals surface area contributed by atoms with Crippen molar-refractivity contribution in [3.05, 3.63) is 47.5 Å². The Morgan fingerprint density at radius 3 is 1.86 bits per heavy atom. The molecule has 3 rings (SSSR count). The smallest absolute Gasteiger partial charge is 0.326 e. The average molecular weight is 923 g/mol. The Hall–Kier alpha value is -5.71. The summed E-state index contributed by atoms with van der Waals surface area (Å²) in [6, 6.07) is 1.83. The summed E-state index contributed by atoms with van der Waals surface area (Å²) in [5.74, 6) is -6.08. The number of unbranched alkanes of at least 4 members (excludes halogenated alkanes) is 13. The molecule has 1 heterocycles. The Kier molecular flexibility index (Phi) is 23.5. The number of aromatic hydroxyl groups is 2. The number of rotatable bonds is 26. The molecule has 0 unspecified atom stereocenters. The number of nitrogens with one attached hydrogen (secondary N) is 4. The average Bonchev–Trinajstić information content (AvgIpc) is 3.28. The van der Waals surface area contributed by atoms with Gasteiger partial charge in [-0.25, -0.2) is 4.79 Å². The minimum atomic E-state index is -1.47. The number of carbonyl (C=O) groups is 7. The second-order valence-electron chi connectivity index (χ2n) is 17.5. The van der Waals surface area contributed by atoms with Gasteiger partial charge >= 0.3 is 5.97 Å². The molecule has 6 amide bonds. The minimum absolute atomic E-state index is 0.0759. The van der Waals surface area contributed by atoms with Crippen molar-refractivity contribution in [1.82, 2.24) is 31.1 Å². The van der Waals surface area contributed by atoms with Crippen LogP contribution in [0.5, 0.6) is 11.5 Å². The molecule has 17 nitrogen and oxygen atoms in total. The fraction of sp³-hybridized carbons (Fsp3) is 0.612. The Morgan fingerprint density at radius 2 is 1.29 bits per heavy atom. The minimum Gasteiger partial charge on any atom is -0.507 e. The van der Waals surface area contributed by atoms with Crippen molar-refractivity contribution in [3.8, 4) is 22.6 Å². The highest BCUT2D eigenvalue weighted by molar-refractivity contribution is 5.96. The van der Waals surface area contributed by atoms with E-state index in [-0.39, 0.29) is 53.4 Å². The molecule has 17 heteroatoms. The van der Waals surface area contributed by atoms with Crippen molar-refractivity contribution in [3.63, 3.8) is 0 Å². The number of nitrogens with zero attached hydrogens (tertiary/aromatic N) is 2. The van der Waals surface area contributed by atoms with Gasteiger partial charge in [-0.1, -0.05) is 116 Å². The Bertz CT molecular complexity index is 1940. The number of phenolic OH excluding ortho intramolecular Hbond substituents is 2. The van der Waals surface area contributed by atoms with Gasteiger partial charge in [0.25, 0.3) is 0 Å². The second kappa shape index (κ2) is 28.4. The van der Waals surface area contributed by atoms with Crippen molar-refractivity contribution in [1.29, 1.82) is 0 Å². The summed E-state index contributed by atoms with van der Waals surface area (Å²) in [7, 11) is 2.73. The molecule has 0 aromatic heterocycles. The van der Waals surface area contributed by atoms with Gasteiger partial charge in [0, 0.05) is 38.1 Å². The number of phenols is 2. The maximum atomic E-state index is 14.2. The first kappa shape index (κ1) is 54.6. The lowest BCUT2D eigenvalue weighted by atomic mass is 9.93. The zero-order valence-corrected chi connectivity index (χ0v) is 39.5. The van der Waals surface area contributed by atoms with Gasteiger partial charge in [-0.2, -0.15) is 0 Å². The number of aliphatic hydroxyl groups is 1. The number of aliphatic carboxylic acids is 1. The van der Waals surface area contributed by atoms with Crippen LogP contribution < -0.4 is 21.3 Å². The van der Waals surface area contributed by atoms with Crippen LogP contribution in [0.15, 0.2) is 36.4 Å². The second-order valence-corrected chi connectivity index (χ2v) is 17.5. The lowest BCUT2D eigenvalue weighted by molar-refractivity contribution is -0.143. The van der Waals surface area contributed by atoms with Crippen LogP contribution in [0.25, 0.3) is 11.1 Å². The zero-order chi connectivity index (χ0) is 48.8. The van der Waals surface area contributed by atoms with E-state index in [4.69, 9.17) is 0 Å². The van der Waals surface area contributed by atoms with Gasteiger partial charge in [-0.05, 0) is 55.2 Å². The molecule has 8 N–H and O–H groups in total. The van der Waals surface area contributed by atoms with E-state index in [2.05, 4.69) is 28.2 Å². The van der Waals surface area contributed by atoms with Gasteiger partial charge in [0.2, 0.25) is 35.4 Å². The lowest BCUT2D eigenvalue weighted by Crippen LogP contribution is -2.55. The van der Waals surface area contributed by atoms with Gasteiger partial charge in [-0.15, -0.1) is 0 Å². The van der Waals surface area contributed by atoms with E-state index < -0.39 is 78.9 Å². The molecule has 2 aromatic carbocycles. The van der Waals surface area contributed by atoms with E-state index in [1.807, 2.05) is 6.92 Å². The van der Waals surface area contributed by atoms with E-state index in [0.29, 0.717) is 24.8 Å². The molecule has 4 bridgehead atoms. The summed E-state index contributed by atoms with van der Waals surface area (Å²) in [6.45, 7) is 4.15. The molecule has 66 heavy (non-hydrogen) atoms. The summed E-state index contributed by atoms with van der Waals surface area (Å²) in [6.07, 6.45) is 16.4. The Balaban J connectivity index is 1.66. The number of aliphatic hydroxyl groups excluding tert-OH is 1.